The van der Waals surface area contributed by atoms with E-state index in [1.807, 2.05) is 0 Å². The highest BCUT2D eigenvalue weighted by molar-refractivity contribution is 5.96. The number of aryl methyl sites for hydroxylation is 1. The van der Waals surface area contributed by atoms with Crippen molar-refractivity contribution in [3.8, 4) is 0 Å². The first-order valence-corrected chi connectivity index (χ1v) is 5.86. The van der Waals surface area contributed by atoms with Crippen molar-refractivity contribution in [1.82, 2.24) is 9.78 Å². The van der Waals surface area contributed by atoms with Gasteiger partial charge in [0, 0.05) is 18.9 Å². The van der Waals surface area contributed by atoms with Crippen molar-refractivity contribution in [3.63, 3.8) is 0 Å². The fourth-order valence-corrected chi connectivity index (χ4v) is 1.63. The second-order valence-electron chi connectivity index (χ2n) is 4.27. The maximum Gasteiger partial charge on any atom is 0.246 e. The van der Waals surface area contributed by atoms with Gasteiger partial charge in [-0.1, -0.05) is 6.07 Å². The van der Waals surface area contributed by atoms with E-state index < -0.39 is 6.04 Å². The topological polar surface area (TPSA) is 59.0 Å². The van der Waals surface area contributed by atoms with E-state index in [0.717, 1.165) is 5.69 Å². The van der Waals surface area contributed by atoms with E-state index in [1.165, 1.54) is 12.1 Å². The van der Waals surface area contributed by atoms with Gasteiger partial charge in [0.15, 0.2) is 0 Å². The predicted molar refractivity (Wildman–Crippen MR) is 71.3 cm³/mol. The highest BCUT2D eigenvalue weighted by Crippen LogP contribution is 2.11. The van der Waals surface area contributed by atoms with Gasteiger partial charge in [-0.05, 0) is 25.1 Å². The first-order valence-electron chi connectivity index (χ1n) is 5.86. The Morgan fingerprint density at radius 3 is 2.84 bits per heavy atom. The molecule has 0 bridgehead atoms. The van der Waals surface area contributed by atoms with E-state index >= 15 is 0 Å². The van der Waals surface area contributed by atoms with Crippen LogP contribution in [-0.2, 0) is 11.8 Å². The predicted octanol–water partition coefficient (Wildman–Crippen LogP) is 2.00. The number of amides is 1. The van der Waals surface area contributed by atoms with Crippen molar-refractivity contribution in [2.24, 2.45) is 7.05 Å². The summed E-state index contributed by atoms with van der Waals surface area (Å²) in [4.78, 5) is 11.9. The Balaban J connectivity index is 1.96. The SMILES string of the molecule is CC(Nc1cnn(C)c1)C(=O)Nc1cccc(F)c1. The van der Waals surface area contributed by atoms with Gasteiger partial charge in [0.2, 0.25) is 5.91 Å². The summed E-state index contributed by atoms with van der Waals surface area (Å²) in [5, 5.41) is 9.65. The molecule has 0 radical (unpaired) electrons. The monoisotopic (exact) mass is 262 g/mol. The fraction of sp³-hybridized carbons (Fsp3) is 0.231. The lowest BCUT2D eigenvalue weighted by molar-refractivity contribution is -0.116. The number of nitrogens with zero attached hydrogens (tertiary/aromatic N) is 2. The van der Waals surface area contributed by atoms with E-state index in [2.05, 4.69) is 15.7 Å². The number of carbonyl (C=O) groups excluding carboxylic acids is 1. The van der Waals surface area contributed by atoms with Crippen molar-refractivity contribution in [2.45, 2.75) is 13.0 Å². The molecular weight excluding hydrogens is 247 g/mol. The first-order chi connectivity index (χ1) is 9.04. The van der Waals surface area contributed by atoms with Crippen LogP contribution in [0.1, 0.15) is 6.92 Å². The third kappa shape index (κ3) is 3.54. The quantitative estimate of drug-likeness (QED) is 0.886. The Labute approximate surface area is 110 Å². The lowest BCUT2D eigenvalue weighted by atomic mass is 10.2. The fourth-order valence-electron chi connectivity index (χ4n) is 1.63. The number of rotatable bonds is 4. The molecule has 0 aliphatic heterocycles. The third-order valence-electron chi connectivity index (χ3n) is 2.57. The van der Waals surface area contributed by atoms with Crippen molar-refractivity contribution in [2.75, 3.05) is 10.6 Å². The molecule has 100 valence electrons. The number of nitrogens with one attached hydrogen (secondary N) is 2. The Hall–Kier alpha value is -2.37. The molecular formula is C13H15FN4O. The normalized spacial score (nSPS) is 11.9. The summed E-state index contributed by atoms with van der Waals surface area (Å²) in [5.74, 6) is -0.625. The van der Waals surface area contributed by atoms with Crippen LogP contribution in [0.5, 0.6) is 0 Å². The number of hydrogen-bond acceptors (Lipinski definition) is 3. The zero-order valence-corrected chi connectivity index (χ0v) is 10.7. The van der Waals surface area contributed by atoms with Crippen molar-refractivity contribution in [3.05, 3.63) is 42.5 Å². The van der Waals surface area contributed by atoms with Crippen LogP contribution in [0.15, 0.2) is 36.7 Å². The van der Waals surface area contributed by atoms with Gasteiger partial charge in [-0.25, -0.2) is 4.39 Å². The minimum absolute atomic E-state index is 0.241. The Morgan fingerprint density at radius 2 is 2.21 bits per heavy atom. The third-order valence-corrected chi connectivity index (χ3v) is 2.57. The van der Waals surface area contributed by atoms with Crippen molar-refractivity contribution in [1.29, 1.82) is 0 Å². The maximum absolute atomic E-state index is 13.0. The molecule has 2 aromatic rings. The smallest absolute Gasteiger partial charge is 0.246 e. The average molecular weight is 262 g/mol. The lowest BCUT2D eigenvalue weighted by Gasteiger charge is -2.13. The Morgan fingerprint density at radius 1 is 1.42 bits per heavy atom. The standard InChI is InChI=1S/C13H15FN4O/c1-9(16-12-7-15-18(2)8-12)13(19)17-11-5-3-4-10(14)6-11/h3-9,16H,1-2H3,(H,17,19). The molecule has 6 heteroatoms. The van der Waals surface area contributed by atoms with Crippen LogP contribution in [-0.4, -0.2) is 21.7 Å². The van der Waals surface area contributed by atoms with Gasteiger partial charge in [0.25, 0.3) is 0 Å². The van der Waals surface area contributed by atoms with Crippen molar-refractivity contribution < 1.29 is 9.18 Å². The van der Waals surface area contributed by atoms with E-state index in [4.69, 9.17) is 0 Å². The van der Waals surface area contributed by atoms with Gasteiger partial charge in [-0.2, -0.15) is 5.10 Å². The van der Waals surface area contributed by atoms with Crippen molar-refractivity contribution >= 4 is 17.3 Å². The molecule has 1 unspecified atom stereocenters. The molecule has 2 N–H and O–H groups in total. The average Bonchev–Trinajstić information content (AvgIpc) is 2.74. The zero-order valence-electron chi connectivity index (χ0n) is 10.7. The first kappa shape index (κ1) is 13.1. The molecule has 1 atom stereocenters. The highest BCUT2D eigenvalue weighted by atomic mass is 19.1. The number of aromatic nitrogens is 2. The molecule has 1 aromatic heterocycles. The van der Waals surface area contributed by atoms with Gasteiger partial charge >= 0.3 is 0 Å². The largest absolute Gasteiger partial charge is 0.371 e. The molecule has 0 aliphatic rings. The number of hydrogen-bond donors (Lipinski definition) is 2. The number of carbonyl (C=O) groups is 1. The maximum atomic E-state index is 13.0. The second-order valence-corrected chi connectivity index (χ2v) is 4.27. The minimum Gasteiger partial charge on any atom is -0.371 e. The summed E-state index contributed by atoms with van der Waals surface area (Å²) in [5.41, 5.74) is 1.19. The highest BCUT2D eigenvalue weighted by Gasteiger charge is 2.13. The van der Waals surface area contributed by atoms with E-state index in [-0.39, 0.29) is 11.7 Å². The molecule has 1 amide bonds. The van der Waals surface area contributed by atoms with Gasteiger partial charge < -0.3 is 10.6 Å². The van der Waals surface area contributed by atoms with Crippen LogP contribution in [0.25, 0.3) is 0 Å². The Bertz CT molecular complexity index is 582. The summed E-state index contributed by atoms with van der Waals surface area (Å²) in [7, 11) is 1.79. The number of benzene rings is 1. The van der Waals surface area contributed by atoms with Crippen LogP contribution in [0.3, 0.4) is 0 Å². The minimum atomic E-state index is -0.451. The molecule has 0 aliphatic carbocycles. The second kappa shape index (κ2) is 5.51. The molecule has 0 saturated heterocycles. The van der Waals surface area contributed by atoms with Crippen LogP contribution < -0.4 is 10.6 Å². The summed E-state index contributed by atoms with van der Waals surface area (Å²) >= 11 is 0. The summed E-state index contributed by atoms with van der Waals surface area (Å²) in [6.07, 6.45) is 3.40. The molecule has 0 fully saturated rings. The van der Waals surface area contributed by atoms with Crippen LogP contribution in [0, 0.1) is 5.82 Å². The lowest BCUT2D eigenvalue weighted by Crippen LogP contribution is -2.31. The number of anilines is 2. The van der Waals surface area contributed by atoms with Crippen LogP contribution >= 0.6 is 0 Å². The summed E-state index contributed by atoms with van der Waals surface area (Å²) < 4.78 is 14.6. The molecule has 19 heavy (non-hydrogen) atoms. The molecule has 2 rings (SSSR count). The summed E-state index contributed by atoms with van der Waals surface area (Å²) in [6, 6.07) is 5.33. The van der Waals surface area contributed by atoms with Gasteiger partial charge in [-0.3, -0.25) is 9.48 Å². The molecule has 0 spiro atoms. The molecule has 5 nitrogen and oxygen atoms in total. The van der Waals surface area contributed by atoms with E-state index in [9.17, 15) is 9.18 Å². The molecule has 1 aromatic carbocycles. The van der Waals surface area contributed by atoms with Gasteiger partial charge in [0.1, 0.15) is 11.9 Å². The molecule has 1 heterocycles. The van der Waals surface area contributed by atoms with E-state index in [1.54, 1.807) is 43.2 Å². The van der Waals surface area contributed by atoms with Crippen LogP contribution in [0.4, 0.5) is 15.8 Å². The van der Waals surface area contributed by atoms with Gasteiger partial charge in [-0.15, -0.1) is 0 Å². The van der Waals surface area contributed by atoms with E-state index in [0.29, 0.717) is 5.69 Å². The van der Waals surface area contributed by atoms with Gasteiger partial charge in [0.05, 0.1) is 11.9 Å². The number of halogens is 1. The Kier molecular flexibility index (Phi) is 3.79. The van der Waals surface area contributed by atoms with Crippen LogP contribution in [0.2, 0.25) is 0 Å². The summed E-state index contributed by atoms with van der Waals surface area (Å²) in [6.45, 7) is 1.72. The molecule has 0 saturated carbocycles. The zero-order chi connectivity index (χ0) is 13.8.